The van der Waals surface area contributed by atoms with Crippen molar-refractivity contribution in [3.63, 3.8) is 0 Å². The van der Waals surface area contributed by atoms with Gasteiger partial charge in [0.05, 0.1) is 48.2 Å². The van der Waals surface area contributed by atoms with Crippen molar-refractivity contribution >= 4 is 40.6 Å². The number of aliphatic imine (C=N–C) groups is 1. The zero-order chi connectivity index (χ0) is 24.7. The van der Waals surface area contributed by atoms with Crippen molar-refractivity contribution in [2.75, 3.05) is 25.0 Å². The first-order valence-electron chi connectivity index (χ1n) is 11.2. The molecule has 0 unspecified atom stereocenters. The molecule has 0 radical (unpaired) electrons. The second-order valence-electron chi connectivity index (χ2n) is 8.52. The van der Waals surface area contributed by atoms with E-state index in [2.05, 4.69) is 10.3 Å². The van der Waals surface area contributed by atoms with Gasteiger partial charge < -0.3 is 15.5 Å². The number of carbonyl (C=O) groups is 3. The number of halogens is 1. The highest BCUT2D eigenvalue weighted by Gasteiger charge is 2.37. The lowest BCUT2D eigenvalue weighted by atomic mass is 9.93. The molecule has 8 nitrogen and oxygen atoms in total. The van der Waals surface area contributed by atoms with Crippen LogP contribution in [-0.4, -0.2) is 58.1 Å². The summed E-state index contributed by atoms with van der Waals surface area (Å²) in [6.45, 7) is -0.306. The Morgan fingerprint density at radius 1 is 1.11 bits per heavy atom. The van der Waals surface area contributed by atoms with Crippen LogP contribution in [0.3, 0.4) is 0 Å². The zero-order valence-electron chi connectivity index (χ0n) is 18.6. The van der Waals surface area contributed by atoms with E-state index in [-0.39, 0.29) is 37.5 Å². The second kappa shape index (κ2) is 9.22. The van der Waals surface area contributed by atoms with Crippen LogP contribution in [0, 0.1) is 0 Å². The standard InChI is InChI=1S/C26H22ClN3O5/c27-16-4-1-3-14(9-16)23(33)13-28-19-5-2-6-22(32)24(19)21-11-15-10-17-18(12-20(15)29-21)26(35)30(7-8-31)25(17)34/h1-5,9-10,12,23,29,31,33H,6-8,11,13H2/t23-/m1/s1. The van der Waals surface area contributed by atoms with Crippen LogP contribution in [0.2, 0.25) is 5.02 Å². The van der Waals surface area contributed by atoms with E-state index in [1.54, 1.807) is 48.6 Å². The Hall–Kier alpha value is -3.59. The summed E-state index contributed by atoms with van der Waals surface area (Å²) in [4.78, 5) is 43.7. The number of Topliss-reactive ketones (excluding diaryl/α,β-unsaturated/α-hetero) is 1. The first-order valence-corrected chi connectivity index (χ1v) is 11.6. The minimum Gasteiger partial charge on any atom is -0.395 e. The monoisotopic (exact) mass is 491 g/mol. The van der Waals surface area contributed by atoms with Gasteiger partial charge in [0.15, 0.2) is 5.78 Å². The predicted molar refractivity (Wildman–Crippen MR) is 131 cm³/mol. The SMILES string of the molecule is O=C1CC=CC(=NC[C@@H](O)c2cccc(Cl)c2)C1=C1Cc2cc3c(cc2N1)C(=O)N(CCO)C3=O. The molecule has 2 aromatic rings. The summed E-state index contributed by atoms with van der Waals surface area (Å²) in [5.41, 5.74) is 4.18. The fourth-order valence-electron chi connectivity index (χ4n) is 4.56. The van der Waals surface area contributed by atoms with Crippen LogP contribution >= 0.6 is 11.6 Å². The van der Waals surface area contributed by atoms with Gasteiger partial charge in [0.2, 0.25) is 0 Å². The highest BCUT2D eigenvalue weighted by molar-refractivity contribution is 6.30. The van der Waals surface area contributed by atoms with E-state index in [1.807, 2.05) is 0 Å². The number of amides is 2. The number of fused-ring (bicyclic) bond motifs is 2. The third-order valence-corrected chi connectivity index (χ3v) is 6.49. The van der Waals surface area contributed by atoms with Crippen molar-refractivity contribution in [1.29, 1.82) is 0 Å². The molecule has 178 valence electrons. The molecule has 0 aromatic heterocycles. The molecule has 35 heavy (non-hydrogen) atoms. The van der Waals surface area contributed by atoms with Crippen LogP contribution < -0.4 is 5.32 Å². The average molecular weight is 492 g/mol. The molecule has 9 heteroatoms. The molecule has 2 heterocycles. The molecule has 0 saturated heterocycles. The van der Waals surface area contributed by atoms with Crippen molar-refractivity contribution in [2.45, 2.75) is 18.9 Å². The summed E-state index contributed by atoms with van der Waals surface area (Å²) in [5, 5.41) is 23.5. The number of allylic oxidation sites excluding steroid dienone is 4. The number of hydrogen-bond acceptors (Lipinski definition) is 7. The number of anilines is 1. The van der Waals surface area contributed by atoms with E-state index in [0.717, 1.165) is 10.5 Å². The number of rotatable bonds is 5. The number of β-amino-alcohol motifs (C(OH)–C–C–N with tert-alkyl or cyclic N) is 1. The number of nitrogens with one attached hydrogen (secondary N) is 1. The number of imide groups is 1. The van der Waals surface area contributed by atoms with Crippen molar-refractivity contribution in [1.82, 2.24) is 4.90 Å². The molecule has 1 aliphatic carbocycles. The molecular weight excluding hydrogens is 470 g/mol. The molecule has 3 aliphatic rings. The predicted octanol–water partition coefficient (Wildman–Crippen LogP) is 2.85. The summed E-state index contributed by atoms with van der Waals surface area (Å²) in [5.74, 6) is -0.983. The summed E-state index contributed by atoms with van der Waals surface area (Å²) in [6.07, 6.45) is 3.22. The molecule has 0 saturated carbocycles. The largest absolute Gasteiger partial charge is 0.395 e. The minimum absolute atomic E-state index is 0.0506. The molecule has 2 aromatic carbocycles. The van der Waals surface area contributed by atoms with Gasteiger partial charge in [0.1, 0.15) is 0 Å². The van der Waals surface area contributed by atoms with Gasteiger partial charge in [-0.3, -0.25) is 24.3 Å². The molecule has 2 aliphatic heterocycles. The maximum Gasteiger partial charge on any atom is 0.261 e. The lowest BCUT2D eigenvalue weighted by Crippen LogP contribution is -2.32. The number of benzene rings is 2. The molecule has 5 rings (SSSR count). The number of carbonyl (C=O) groups excluding carboxylic acids is 3. The van der Waals surface area contributed by atoms with Crippen LogP contribution in [0.5, 0.6) is 0 Å². The Balaban J connectivity index is 1.44. The molecular formula is C26H22ClN3O5. The van der Waals surface area contributed by atoms with E-state index in [1.165, 1.54) is 0 Å². The maximum atomic E-state index is 12.9. The second-order valence-corrected chi connectivity index (χ2v) is 8.96. The number of aliphatic hydroxyl groups excluding tert-OH is 2. The number of ketones is 1. The molecule has 3 N–H and O–H groups in total. The zero-order valence-corrected chi connectivity index (χ0v) is 19.4. The van der Waals surface area contributed by atoms with E-state index in [4.69, 9.17) is 16.7 Å². The maximum absolute atomic E-state index is 12.9. The molecule has 0 bridgehead atoms. The Kier molecular flexibility index (Phi) is 6.10. The fourth-order valence-corrected chi connectivity index (χ4v) is 4.76. The third-order valence-electron chi connectivity index (χ3n) is 6.25. The van der Waals surface area contributed by atoms with Crippen LogP contribution in [0.1, 0.15) is 44.4 Å². The van der Waals surface area contributed by atoms with Crippen LogP contribution in [0.15, 0.2) is 64.8 Å². The number of nitrogens with zero attached hydrogens (tertiary/aromatic N) is 2. The van der Waals surface area contributed by atoms with Gasteiger partial charge in [-0.2, -0.15) is 0 Å². The Bertz CT molecular complexity index is 1310. The Morgan fingerprint density at radius 2 is 1.89 bits per heavy atom. The summed E-state index contributed by atoms with van der Waals surface area (Å²) < 4.78 is 0. The average Bonchev–Trinajstić information content (AvgIpc) is 3.35. The lowest BCUT2D eigenvalue weighted by molar-refractivity contribution is -0.114. The Labute approximate surface area is 206 Å². The normalized spacial score (nSPS) is 20.9. The number of aliphatic hydroxyl groups is 2. The first kappa shape index (κ1) is 23.2. The molecule has 0 spiro atoms. The smallest absolute Gasteiger partial charge is 0.261 e. The van der Waals surface area contributed by atoms with E-state index in [9.17, 15) is 19.5 Å². The van der Waals surface area contributed by atoms with Gasteiger partial charge in [0, 0.05) is 29.2 Å². The molecule has 2 amide bonds. The van der Waals surface area contributed by atoms with Crippen molar-refractivity contribution in [3.8, 4) is 0 Å². The summed E-state index contributed by atoms with van der Waals surface area (Å²) in [7, 11) is 0. The summed E-state index contributed by atoms with van der Waals surface area (Å²) >= 11 is 6.01. The number of hydrogen-bond donors (Lipinski definition) is 3. The van der Waals surface area contributed by atoms with Gasteiger partial charge in [-0.1, -0.05) is 29.8 Å². The van der Waals surface area contributed by atoms with Gasteiger partial charge in [-0.15, -0.1) is 0 Å². The quantitative estimate of drug-likeness (QED) is 0.437. The van der Waals surface area contributed by atoms with E-state index in [0.29, 0.717) is 45.2 Å². The highest BCUT2D eigenvalue weighted by atomic mass is 35.5. The van der Waals surface area contributed by atoms with Crippen LogP contribution in [-0.2, 0) is 11.2 Å². The Morgan fingerprint density at radius 3 is 2.63 bits per heavy atom. The van der Waals surface area contributed by atoms with Crippen molar-refractivity contribution < 1.29 is 24.6 Å². The van der Waals surface area contributed by atoms with Crippen molar-refractivity contribution in [2.24, 2.45) is 4.99 Å². The highest BCUT2D eigenvalue weighted by Crippen LogP contribution is 2.36. The van der Waals surface area contributed by atoms with Gasteiger partial charge in [-0.25, -0.2) is 0 Å². The lowest BCUT2D eigenvalue weighted by Gasteiger charge is -2.16. The van der Waals surface area contributed by atoms with E-state index >= 15 is 0 Å². The first-order chi connectivity index (χ1) is 16.9. The van der Waals surface area contributed by atoms with Crippen LogP contribution in [0.4, 0.5) is 5.69 Å². The molecule has 0 fully saturated rings. The van der Waals surface area contributed by atoms with Gasteiger partial charge >= 0.3 is 0 Å². The van der Waals surface area contributed by atoms with E-state index < -0.39 is 17.9 Å². The third kappa shape index (κ3) is 4.20. The van der Waals surface area contributed by atoms with Gasteiger partial charge in [0.25, 0.3) is 11.8 Å². The van der Waals surface area contributed by atoms with Gasteiger partial charge in [-0.05, 0) is 41.5 Å². The molecule has 1 atom stereocenters. The summed E-state index contributed by atoms with van der Waals surface area (Å²) in [6, 6.07) is 10.2. The fraction of sp³-hybridized carbons (Fsp3) is 0.231. The van der Waals surface area contributed by atoms with Crippen LogP contribution in [0.25, 0.3) is 0 Å². The van der Waals surface area contributed by atoms with Crippen molar-refractivity contribution in [3.05, 3.63) is 87.1 Å². The minimum atomic E-state index is -0.881. The topological polar surface area (TPSA) is 119 Å².